The van der Waals surface area contributed by atoms with Crippen LogP contribution in [0.2, 0.25) is 5.02 Å². The maximum absolute atomic E-state index is 13.4. The highest BCUT2D eigenvalue weighted by Gasteiger charge is 2.41. The molecule has 1 aliphatic heterocycles. The molecule has 1 unspecified atom stereocenters. The lowest BCUT2D eigenvalue weighted by atomic mass is 9.87. The number of alkyl halides is 3. The van der Waals surface area contributed by atoms with Gasteiger partial charge in [0.25, 0.3) is 5.91 Å². The second-order valence-electron chi connectivity index (χ2n) is 8.88. The number of benzene rings is 1. The van der Waals surface area contributed by atoms with E-state index in [4.69, 9.17) is 16.3 Å². The average molecular weight is 579 g/mol. The van der Waals surface area contributed by atoms with Gasteiger partial charge in [-0.25, -0.2) is 9.38 Å². The normalized spacial score (nSPS) is 17.1. The van der Waals surface area contributed by atoms with Crippen molar-refractivity contribution in [3.05, 3.63) is 76.6 Å². The molecule has 1 aliphatic rings. The van der Waals surface area contributed by atoms with Crippen LogP contribution in [0, 0.1) is 11.2 Å². The molecular formula is C26H23ClF4N6O3. The molecule has 0 bridgehead atoms. The van der Waals surface area contributed by atoms with Crippen molar-refractivity contribution < 1.29 is 31.9 Å². The number of rotatable bonds is 8. The second-order valence-corrected chi connectivity index (χ2v) is 9.29. The highest BCUT2D eigenvalue weighted by molar-refractivity contribution is 6.31. The van der Waals surface area contributed by atoms with Crippen molar-refractivity contribution in [3.8, 4) is 0 Å². The van der Waals surface area contributed by atoms with Crippen LogP contribution in [0.1, 0.15) is 28.0 Å². The number of pyridine rings is 2. The molecule has 1 atom stereocenters. The number of nitrogens with one attached hydrogen (secondary N) is 3. The van der Waals surface area contributed by atoms with Gasteiger partial charge in [-0.1, -0.05) is 11.6 Å². The Morgan fingerprint density at radius 3 is 2.65 bits per heavy atom. The van der Waals surface area contributed by atoms with E-state index in [9.17, 15) is 27.2 Å². The topological polar surface area (TPSA) is 118 Å². The smallest absolute Gasteiger partial charge is 0.387 e. The molecule has 1 fully saturated rings. The minimum Gasteiger partial charge on any atom is -0.387 e. The lowest BCUT2D eigenvalue weighted by Crippen LogP contribution is -2.42. The van der Waals surface area contributed by atoms with Gasteiger partial charge >= 0.3 is 6.18 Å². The minimum absolute atomic E-state index is 0.00759. The van der Waals surface area contributed by atoms with E-state index < -0.39 is 34.8 Å². The number of aliphatic imine (C=N–C) groups is 1. The summed E-state index contributed by atoms with van der Waals surface area (Å²) >= 11 is 6.28. The summed E-state index contributed by atoms with van der Waals surface area (Å²) in [5.41, 5.74) is -1.53. The van der Waals surface area contributed by atoms with Gasteiger partial charge in [-0.3, -0.25) is 19.6 Å². The molecule has 1 aromatic carbocycles. The molecular weight excluding hydrogens is 556 g/mol. The Hall–Kier alpha value is -4.10. The number of carbonyl (C=O) groups excluding carboxylic acids is 2. The van der Waals surface area contributed by atoms with Crippen LogP contribution in [0.25, 0.3) is 0 Å². The summed E-state index contributed by atoms with van der Waals surface area (Å²) in [4.78, 5) is 37.8. The minimum atomic E-state index is -4.78. The zero-order valence-corrected chi connectivity index (χ0v) is 21.7. The van der Waals surface area contributed by atoms with Gasteiger partial charge in [0, 0.05) is 32.3 Å². The Bertz CT molecular complexity index is 1440. The van der Waals surface area contributed by atoms with E-state index in [0.717, 1.165) is 12.1 Å². The summed E-state index contributed by atoms with van der Waals surface area (Å²) in [6.45, 7) is 0.181. The fourth-order valence-corrected chi connectivity index (χ4v) is 4.12. The average Bonchev–Trinajstić information content (AvgIpc) is 3.42. The van der Waals surface area contributed by atoms with Gasteiger partial charge in [0.05, 0.1) is 58.3 Å². The van der Waals surface area contributed by atoms with Crippen LogP contribution in [0.15, 0.2) is 53.9 Å². The van der Waals surface area contributed by atoms with Crippen LogP contribution in [0.4, 0.5) is 34.6 Å². The summed E-state index contributed by atoms with van der Waals surface area (Å²) < 4.78 is 58.7. The largest absolute Gasteiger partial charge is 0.418 e. The highest BCUT2D eigenvalue weighted by Crippen LogP contribution is 2.37. The molecule has 2 aromatic heterocycles. The molecule has 0 radical (unpaired) electrons. The maximum atomic E-state index is 13.4. The second kappa shape index (κ2) is 12.0. The lowest BCUT2D eigenvalue weighted by Gasteiger charge is -2.21. The highest BCUT2D eigenvalue weighted by atomic mass is 35.5. The molecule has 1 saturated heterocycles. The molecule has 3 aromatic rings. The monoisotopic (exact) mass is 578 g/mol. The molecule has 3 heterocycles. The Morgan fingerprint density at radius 2 is 1.98 bits per heavy atom. The summed E-state index contributed by atoms with van der Waals surface area (Å²) in [6.07, 6.45) is 0.918. The van der Waals surface area contributed by atoms with Crippen LogP contribution in [0.5, 0.6) is 0 Å². The zero-order valence-electron chi connectivity index (χ0n) is 21.0. The fourth-order valence-electron chi connectivity index (χ4n) is 3.89. The summed E-state index contributed by atoms with van der Waals surface area (Å²) in [5, 5.41) is 8.20. The lowest BCUT2D eigenvalue weighted by molar-refractivity contribution is -0.137. The number of anilines is 3. The first-order chi connectivity index (χ1) is 19.0. The number of halogens is 5. The number of carbonyl (C=O) groups is 2. The fraction of sp³-hybridized carbons (Fsp3) is 0.269. The third kappa shape index (κ3) is 6.72. The van der Waals surface area contributed by atoms with Gasteiger partial charge in [-0.05, 0) is 36.8 Å². The van der Waals surface area contributed by atoms with E-state index in [1.807, 2.05) is 0 Å². The standard InChI is InChI=1S/C26H23ClF4N6O3/c1-32-17-6-15(9-33-10-17)23(38)36-13-25(4-5-40-14-25)24(39)35-12-22-20(27)8-18(11-34-22)37-21-3-2-16(28)7-19(21)26(29,30)31/h2-3,6-11,13,32,37H,4-5,12,14H2,1H3,(H,35,39). The number of hydrogen-bond donors (Lipinski definition) is 3. The Morgan fingerprint density at radius 1 is 1.18 bits per heavy atom. The summed E-state index contributed by atoms with van der Waals surface area (Å²) in [5.74, 6) is -2.07. The van der Waals surface area contributed by atoms with Gasteiger partial charge in [0.15, 0.2) is 0 Å². The quantitative estimate of drug-likeness (QED) is 0.254. The number of amides is 2. The molecule has 210 valence electrons. The van der Waals surface area contributed by atoms with E-state index in [0.29, 0.717) is 11.8 Å². The third-order valence-corrected chi connectivity index (χ3v) is 6.43. The van der Waals surface area contributed by atoms with Gasteiger partial charge in [-0.2, -0.15) is 13.2 Å². The van der Waals surface area contributed by atoms with Gasteiger partial charge in [0.1, 0.15) is 11.2 Å². The van der Waals surface area contributed by atoms with E-state index in [-0.39, 0.29) is 53.8 Å². The van der Waals surface area contributed by atoms with Crippen LogP contribution < -0.4 is 16.0 Å². The van der Waals surface area contributed by atoms with Gasteiger partial charge < -0.3 is 20.7 Å². The van der Waals surface area contributed by atoms with Gasteiger partial charge in [-0.15, -0.1) is 0 Å². The SMILES string of the molecule is CNc1cncc(C(=O)N=CC2(C(=O)NCc3ncc(Nc4ccc(F)cc4C(F)(F)F)cc3Cl)CCOC2)c1. The van der Waals surface area contributed by atoms with Crippen molar-refractivity contribution in [2.45, 2.75) is 19.1 Å². The van der Waals surface area contributed by atoms with E-state index in [1.165, 1.54) is 24.7 Å². The van der Waals surface area contributed by atoms with Crippen LogP contribution in [0.3, 0.4) is 0 Å². The maximum Gasteiger partial charge on any atom is 0.418 e. The molecule has 2 amide bonds. The summed E-state index contributed by atoms with van der Waals surface area (Å²) in [7, 11) is 1.68. The first-order valence-electron chi connectivity index (χ1n) is 11.9. The van der Waals surface area contributed by atoms with Crippen molar-refractivity contribution in [1.29, 1.82) is 0 Å². The predicted octanol–water partition coefficient (Wildman–Crippen LogP) is 5.01. The van der Waals surface area contributed by atoms with E-state index >= 15 is 0 Å². The first kappa shape index (κ1) is 28.9. The van der Waals surface area contributed by atoms with E-state index in [1.54, 1.807) is 19.3 Å². The van der Waals surface area contributed by atoms with Crippen LogP contribution in [-0.2, 0) is 22.3 Å². The van der Waals surface area contributed by atoms with Crippen LogP contribution >= 0.6 is 11.6 Å². The number of aromatic nitrogens is 2. The molecule has 9 nitrogen and oxygen atoms in total. The molecule has 0 spiro atoms. The Balaban J connectivity index is 1.44. The number of ether oxygens (including phenoxy) is 1. The van der Waals surface area contributed by atoms with Crippen molar-refractivity contribution in [3.63, 3.8) is 0 Å². The molecule has 14 heteroatoms. The number of hydrogen-bond acceptors (Lipinski definition) is 7. The summed E-state index contributed by atoms with van der Waals surface area (Å²) in [6, 6.07) is 5.16. The van der Waals surface area contributed by atoms with Crippen LogP contribution in [-0.4, -0.2) is 48.3 Å². The Kier molecular flexibility index (Phi) is 8.64. The Labute approximate surface area is 231 Å². The van der Waals surface area contributed by atoms with E-state index in [2.05, 4.69) is 30.9 Å². The molecule has 3 N–H and O–H groups in total. The molecule has 40 heavy (non-hydrogen) atoms. The zero-order chi connectivity index (χ0) is 28.9. The predicted molar refractivity (Wildman–Crippen MR) is 140 cm³/mol. The number of nitrogens with zero attached hydrogens (tertiary/aromatic N) is 3. The molecule has 0 aliphatic carbocycles. The first-order valence-corrected chi connectivity index (χ1v) is 12.3. The van der Waals surface area contributed by atoms with Crippen molar-refractivity contribution >= 4 is 46.7 Å². The van der Waals surface area contributed by atoms with Crippen molar-refractivity contribution in [2.75, 3.05) is 30.9 Å². The molecule has 4 rings (SSSR count). The van der Waals surface area contributed by atoms with Gasteiger partial charge in [0.2, 0.25) is 5.91 Å². The van der Waals surface area contributed by atoms with Crippen molar-refractivity contribution in [1.82, 2.24) is 15.3 Å². The third-order valence-electron chi connectivity index (χ3n) is 6.11. The van der Waals surface area contributed by atoms with Crippen molar-refractivity contribution in [2.24, 2.45) is 10.4 Å². The molecule has 0 saturated carbocycles.